The predicted molar refractivity (Wildman–Crippen MR) is 87.5 cm³/mol. The van der Waals surface area contributed by atoms with E-state index in [4.69, 9.17) is 0 Å². The van der Waals surface area contributed by atoms with Gasteiger partial charge in [0.15, 0.2) is 0 Å². The highest BCUT2D eigenvalue weighted by Crippen LogP contribution is 2.19. The van der Waals surface area contributed by atoms with Crippen molar-refractivity contribution in [3.63, 3.8) is 0 Å². The van der Waals surface area contributed by atoms with Gasteiger partial charge in [0, 0.05) is 5.25 Å². The molecule has 5 heteroatoms. The summed E-state index contributed by atoms with van der Waals surface area (Å²) in [6, 6.07) is 9.73. The van der Waals surface area contributed by atoms with Gasteiger partial charge in [0.25, 0.3) is 0 Å². The Balaban J connectivity index is 1.71. The third kappa shape index (κ3) is 6.08. The average molecular weight is 308 g/mol. The van der Waals surface area contributed by atoms with E-state index in [1.54, 1.807) is 11.8 Å². The van der Waals surface area contributed by atoms with Crippen molar-refractivity contribution in [1.82, 2.24) is 10.6 Å². The number of benzene rings is 1. The summed E-state index contributed by atoms with van der Waals surface area (Å²) in [6.45, 7) is 2.07. The number of carbonyl (C=O) groups is 1. The summed E-state index contributed by atoms with van der Waals surface area (Å²) >= 11 is 1.73. The Kier molecular flexibility index (Phi) is 7.06. The van der Waals surface area contributed by atoms with Crippen molar-refractivity contribution in [2.45, 2.75) is 30.6 Å². The first kappa shape index (κ1) is 16.3. The number of hydrogen-bond donors (Lipinski definition) is 3. The maximum atomic E-state index is 12.0. The fourth-order valence-corrected chi connectivity index (χ4v) is 3.52. The van der Waals surface area contributed by atoms with Crippen LogP contribution < -0.4 is 10.6 Å². The Morgan fingerprint density at radius 3 is 2.71 bits per heavy atom. The molecule has 1 aliphatic rings. The van der Waals surface area contributed by atoms with Crippen LogP contribution in [-0.2, 0) is 11.2 Å². The molecule has 0 spiro atoms. The van der Waals surface area contributed by atoms with Crippen molar-refractivity contribution in [3.8, 4) is 0 Å². The molecule has 1 atom stereocenters. The van der Waals surface area contributed by atoms with Gasteiger partial charge >= 0.3 is 0 Å². The Hall–Kier alpha value is -1.04. The van der Waals surface area contributed by atoms with Crippen LogP contribution in [0.5, 0.6) is 0 Å². The molecule has 116 valence electrons. The highest BCUT2D eigenvalue weighted by atomic mass is 32.2. The van der Waals surface area contributed by atoms with E-state index in [1.807, 2.05) is 30.3 Å². The summed E-state index contributed by atoms with van der Waals surface area (Å²) in [4.78, 5) is 12.0. The molecule has 1 aromatic carbocycles. The number of aliphatic hydroxyl groups excluding tert-OH is 1. The Morgan fingerprint density at radius 2 is 2.05 bits per heavy atom. The van der Waals surface area contributed by atoms with Gasteiger partial charge in [0.1, 0.15) is 0 Å². The highest BCUT2D eigenvalue weighted by molar-refractivity contribution is 8.00. The summed E-state index contributed by atoms with van der Waals surface area (Å²) in [5.74, 6) is 0.504. The summed E-state index contributed by atoms with van der Waals surface area (Å²) < 4.78 is 0. The molecule has 1 heterocycles. The van der Waals surface area contributed by atoms with E-state index >= 15 is 0 Å². The number of hydrogen-bond acceptors (Lipinski definition) is 4. The fraction of sp³-hybridized carbons (Fsp3) is 0.562. The summed E-state index contributed by atoms with van der Waals surface area (Å²) in [5.41, 5.74) is 1.13. The van der Waals surface area contributed by atoms with E-state index in [0.29, 0.717) is 17.4 Å². The van der Waals surface area contributed by atoms with Gasteiger partial charge < -0.3 is 15.7 Å². The second kappa shape index (κ2) is 9.07. The standard InChI is InChI=1S/C16H24N2O2S/c19-11-14(10-13-4-2-1-3-5-13)18-16(20)12-21-15-6-8-17-9-7-15/h1-5,14-15,17,19H,6-12H2,(H,18,20). The van der Waals surface area contributed by atoms with Gasteiger partial charge in [0.2, 0.25) is 5.91 Å². The van der Waals surface area contributed by atoms with Crippen molar-refractivity contribution in [3.05, 3.63) is 35.9 Å². The van der Waals surface area contributed by atoms with Crippen LogP contribution in [0.15, 0.2) is 30.3 Å². The summed E-state index contributed by atoms with van der Waals surface area (Å²) in [6.07, 6.45) is 2.93. The molecule has 2 rings (SSSR count). The zero-order valence-corrected chi connectivity index (χ0v) is 13.1. The number of thioether (sulfide) groups is 1. The number of amides is 1. The molecule has 0 radical (unpaired) electrons. The van der Waals surface area contributed by atoms with Gasteiger partial charge in [-0.05, 0) is 37.9 Å². The van der Waals surface area contributed by atoms with E-state index in [2.05, 4.69) is 10.6 Å². The molecular weight excluding hydrogens is 284 g/mol. The first-order valence-corrected chi connectivity index (χ1v) is 8.59. The molecule has 1 aromatic rings. The number of rotatable bonds is 7. The number of aliphatic hydroxyl groups is 1. The van der Waals surface area contributed by atoms with E-state index in [9.17, 15) is 9.90 Å². The molecule has 0 aromatic heterocycles. The van der Waals surface area contributed by atoms with E-state index in [1.165, 1.54) is 0 Å². The normalized spacial score (nSPS) is 17.4. The molecule has 0 saturated carbocycles. The minimum absolute atomic E-state index is 0.0218. The van der Waals surface area contributed by atoms with Crippen LogP contribution >= 0.6 is 11.8 Å². The van der Waals surface area contributed by atoms with Crippen LogP contribution in [0, 0.1) is 0 Å². The highest BCUT2D eigenvalue weighted by Gasteiger charge is 2.17. The van der Waals surface area contributed by atoms with Gasteiger partial charge in [-0.2, -0.15) is 0 Å². The van der Waals surface area contributed by atoms with E-state index < -0.39 is 0 Å². The number of piperidine rings is 1. The molecule has 3 N–H and O–H groups in total. The first-order chi connectivity index (χ1) is 10.3. The van der Waals surface area contributed by atoms with Crippen molar-refractivity contribution in [2.75, 3.05) is 25.4 Å². The van der Waals surface area contributed by atoms with E-state index in [-0.39, 0.29) is 18.6 Å². The number of nitrogens with one attached hydrogen (secondary N) is 2. The van der Waals surface area contributed by atoms with Gasteiger partial charge in [-0.25, -0.2) is 0 Å². The zero-order valence-electron chi connectivity index (χ0n) is 12.3. The molecule has 1 aliphatic heterocycles. The lowest BCUT2D eigenvalue weighted by Crippen LogP contribution is -2.40. The lowest BCUT2D eigenvalue weighted by atomic mass is 10.1. The second-order valence-electron chi connectivity index (χ2n) is 5.40. The van der Waals surface area contributed by atoms with Gasteiger partial charge in [-0.3, -0.25) is 4.79 Å². The molecule has 1 saturated heterocycles. The minimum atomic E-state index is -0.200. The van der Waals surface area contributed by atoms with Gasteiger partial charge in [-0.15, -0.1) is 11.8 Å². The van der Waals surface area contributed by atoms with Crippen LogP contribution in [-0.4, -0.2) is 47.8 Å². The van der Waals surface area contributed by atoms with Crippen molar-refractivity contribution >= 4 is 17.7 Å². The SMILES string of the molecule is O=C(CSC1CCNCC1)NC(CO)Cc1ccccc1. The second-order valence-corrected chi connectivity index (χ2v) is 6.69. The molecule has 1 amide bonds. The Labute approximate surface area is 130 Å². The first-order valence-electron chi connectivity index (χ1n) is 7.54. The van der Waals surface area contributed by atoms with Gasteiger partial charge in [-0.1, -0.05) is 30.3 Å². The van der Waals surface area contributed by atoms with Crippen molar-refractivity contribution < 1.29 is 9.90 Å². The third-order valence-electron chi connectivity index (χ3n) is 3.65. The molecular formula is C16H24N2O2S. The topological polar surface area (TPSA) is 61.4 Å². The lowest BCUT2D eigenvalue weighted by molar-refractivity contribution is -0.119. The third-order valence-corrected chi connectivity index (χ3v) is 5.02. The van der Waals surface area contributed by atoms with Crippen molar-refractivity contribution in [1.29, 1.82) is 0 Å². The summed E-state index contributed by atoms with van der Waals surface area (Å²) in [5, 5.41) is 16.3. The monoisotopic (exact) mass is 308 g/mol. The van der Waals surface area contributed by atoms with Crippen LogP contribution in [0.4, 0.5) is 0 Å². The van der Waals surface area contributed by atoms with Crippen LogP contribution in [0.2, 0.25) is 0 Å². The Bertz CT molecular complexity index is 422. The maximum Gasteiger partial charge on any atom is 0.230 e. The van der Waals surface area contributed by atoms with Crippen LogP contribution in [0.25, 0.3) is 0 Å². The molecule has 0 aliphatic carbocycles. The molecule has 1 unspecified atom stereocenters. The maximum absolute atomic E-state index is 12.0. The van der Waals surface area contributed by atoms with Crippen LogP contribution in [0.1, 0.15) is 18.4 Å². The molecule has 0 bridgehead atoms. The lowest BCUT2D eigenvalue weighted by Gasteiger charge is -2.22. The quantitative estimate of drug-likeness (QED) is 0.708. The van der Waals surface area contributed by atoms with Gasteiger partial charge in [0.05, 0.1) is 18.4 Å². The smallest absolute Gasteiger partial charge is 0.230 e. The molecule has 4 nitrogen and oxygen atoms in total. The van der Waals surface area contributed by atoms with Crippen molar-refractivity contribution in [2.24, 2.45) is 0 Å². The van der Waals surface area contributed by atoms with E-state index in [0.717, 1.165) is 31.5 Å². The molecule has 21 heavy (non-hydrogen) atoms. The summed E-state index contributed by atoms with van der Waals surface area (Å²) in [7, 11) is 0. The fourth-order valence-electron chi connectivity index (χ4n) is 2.48. The number of carbonyl (C=O) groups excluding carboxylic acids is 1. The minimum Gasteiger partial charge on any atom is -0.394 e. The molecule has 1 fully saturated rings. The largest absolute Gasteiger partial charge is 0.394 e. The van der Waals surface area contributed by atoms with Crippen LogP contribution in [0.3, 0.4) is 0 Å². The predicted octanol–water partition coefficient (Wildman–Crippen LogP) is 1.19. The Morgan fingerprint density at radius 1 is 1.33 bits per heavy atom. The zero-order chi connectivity index (χ0) is 14.9. The average Bonchev–Trinajstić information content (AvgIpc) is 2.54.